The van der Waals surface area contributed by atoms with Gasteiger partial charge in [-0.25, -0.2) is 4.98 Å². The largest absolute Gasteiger partial charge is 0.368 e. The van der Waals surface area contributed by atoms with Crippen molar-refractivity contribution in [2.75, 3.05) is 5.32 Å². The monoisotopic (exact) mass is 192 g/mol. The Kier molecular flexibility index (Phi) is 3.50. The Morgan fingerprint density at radius 1 is 1.21 bits per heavy atom. The van der Waals surface area contributed by atoms with Crippen LogP contribution in [0.4, 0.5) is 5.82 Å². The molecule has 1 aromatic rings. The van der Waals surface area contributed by atoms with Gasteiger partial charge in [0.25, 0.3) is 0 Å². The summed E-state index contributed by atoms with van der Waals surface area (Å²) in [4.78, 5) is 4.43. The Labute approximate surface area is 86.8 Å². The van der Waals surface area contributed by atoms with Gasteiger partial charge < -0.3 is 5.32 Å². The van der Waals surface area contributed by atoms with E-state index in [0.29, 0.717) is 12.0 Å². The normalized spacial score (nSPS) is 11.1. The molecule has 1 heterocycles. The van der Waals surface area contributed by atoms with Crippen LogP contribution < -0.4 is 5.32 Å². The van der Waals surface area contributed by atoms with Crippen molar-refractivity contribution in [1.29, 1.82) is 0 Å². The van der Waals surface area contributed by atoms with Gasteiger partial charge in [0.1, 0.15) is 5.82 Å². The van der Waals surface area contributed by atoms with Gasteiger partial charge in [-0.1, -0.05) is 19.9 Å². The highest BCUT2D eigenvalue weighted by atomic mass is 15.0. The van der Waals surface area contributed by atoms with Crippen molar-refractivity contribution in [2.24, 2.45) is 0 Å². The second kappa shape index (κ2) is 4.45. The highest BCUT2D eigenvalue weighted by Gasteiger charge is 2.08. The van der Waals surface area contributed by atoms with Crippen molar-refractivity contribution in [1.82, 2.24) is 4.98 Å². The molecule has 2 nitrogen and oxygen atoms in total. The molecule has 78 valence electrons. The van der Waals surface area contributed by atoms with Gasteiger partial charge >= 0.3 is 0 Å². The summed E-state index contributed by atoms with van der Waals surface area (Å²) in [5.74, 6) is 1.55. The first-order valence-electron chi connectivity index (χ1n) is 5.23. The summed E-state index contributed by atoms with van der Waals surface area (Å²) in [7, 11) is 0. The number of nitrogens with one attached hydrogen (secondary N) is 1. The van der Waals surface area contributed by atoms with E-state index in [9.17, 15) is 0 Å². The van der Waals surface area contributed by atoms with Crippen molar-refractivity contribution in [2.45, 2.75) is 46.6 Å². The minimum absolute atomic E-state index is 0.433. The van der Waals surface area contributed by atoms with Crippen molar-refractivity contribution in [3.63, 3.8) is 0 Å². The van der Waals surface area contributed by atoms with Crippen LogP contribution in [0, 0.1) is 6.92 Å². The SMILES string of the molecule is Cc1cnc(NC(C)C)c(C(C)C)c1. The first kappa shape index (κ1) is 11.0. The third-order valence-corrected chi connectivity index (χ3v) is 2.10. The maximum absolute atomic E-state index is 4.43. The predicted octanol–water partition coefficient (Wildman–Crippen LogP) is 3.33. The Morgan fingerprint density at radius 3 is 2.36 bits per heavy atom. The van der Waals surface area contributed by atoms with Gasteiger partial charge in [-0.2, -0.15) is 0 Å². The molecular weight excluding hydrogens is 172 g/mol. The molecule has 1 aromatic heterocycles. The number of pyridine rings is 1. The summed E-state index contributed by atoms with van der Waals surface area (Å²) >= 11 is 0. The highest BCUT2D eigenvalue weighted by molar-refractivity contribution is 5.47. The molecule has 0 fully saturated rings. The van der Waals surface area contributed by atoms with Gasteiger partial charge in [0, 0.05) is 12.2 Å². The molecule has 1 rings (SSSR count). The van der Waals surface area contributed by atoms with Gasteiger partial charge in [-0.15, -0.1) is 0 Å². The average Bonchev–Trinajstić information content (AvgIpc) is 2.07. The summed E-state index contributed by atoms with van der Waals surface area (Å²) in [5.41, 5.74) is 2.53. The number of aromatic nitrogens is 1. The number of rotatable bonds is 3. The first-order valence-corrected chi connectivity index (χ1v) is 5.23. The number of hydrogen-bond donors (Lipinski definition) is 1. The predicted molar refractivity (Wildman–Crippen MR) is 61.8 cm³/mol. The standard InChI is InChI=1S/C12H20N2/c1-8(2)11-6-10(5)7-13-12(11)14-9(3)4/h6-9H,1-5H3,(H,13,14). The molecule has 0 amide bonds. The number of anilines is 1. The van der Waals surface area contributed by atoms with Crippen LogP contribution in [0.2, 0.25) is 0 Å². The van der Waals surface area contributed by atoms with E-state index in [1.807, 2.05) is 6.20 Å². The molecule has 1 N–H and O–H groups in total. The van der Waals surface area contributed by atoms with E-state index in [-0.39, 0.29) is 0 Å². The second-order valence-electron chi connectivity index (χ2n) is 4.40. The summed E-state index contributed by atoms with van der Waals surface area (Å²) in [6.45, 7) is 10.7. The lowest BCUT2D eigenvalue weighted by molar-refractivity contribution is 0.832. The molecule has 0 bridgehead atoms. The van der Waals surface area contributed by atoms with E-state index in [1.54, 1.807) is 0 Å². The summed E-state index contributed by atoms with van der Waals surface area (Å²) < 4.78 is 0. The molecule has 0 unspecified atom stereocenters. The van der Waals surface area contributed by atoms with Crippen LogP contribution >= 0.6 is 0 Å². The zero-order chi connectivity index (χ0) is 10.7. The molecule has 0 aliphatic carbocycles. The fourth-order valence-electron chi connectivity index (χ4n) is 1.43. The molecule has 0 radical (unpaired) electrons. The van der Waals surface area contributed by atoms with Gasteiger partial charge in [-0.05, 0) is 37.8 Å². The van der Waals surface area contributed by atoms with Crippen LogP contribution in [0.25, 0.3) is 0 Å². The van der Waals surface area contributed by atoms with Crippen molar-refractivity contribution in [3.8, 4) is 0 Å². The van der Waals surface area contributed by atoms with Crippen LogP contribution in [0.15, 0.2) is 12.3 Å². The molecule has 0 atom stereocenters. The Hall–Kier alpha value is -1.05. The van der Waals surface area contributed by atoms with Gasteiger partial charge in [0.2, 0.25) is 0 Å². The molecule has 0 aliphatic heterocycles. The van der Waals surface area contributed by atoms with Gasteiger partial charge in [0.05, 0.1) is 0 Å². The maximum Gasteiger partial charge on any atom is 0.129 e. The Bertz CT molecular complexity index is 303. The van der Waals surface area contributed by atoms with Crippen LogP contribution in [0.5, 0.6) is 0 Å². The van der Waals surface area contributed by atoms with Crippen molar-refractivity contribution < 1.29 is 0 Å². The maximum atomic E-state index is 4.43. The minimum atomic E-state index is 0.433. The van der Waals surface area contributed by atoms with E-state index in [4.69, 9.17) is 0 Å². The number of hydrogen-bond acceptors (Lipinski definition) is 2. The van der Waals surface area contributed by atoms with E-state index >= 15 is 0 Å². The molecule has 14 heavy (non-hydrogen) atoms. The Balaban J connectivity index is 3.02. The molecule has 0 spiro atoms. The lowest BCUT2D eigenvalue weighted by Gasteiger charge is -2.16. The molecular formula is C12H20N2. The van der Waals surface area contributed by atoms with Crippen molar-refractivity contribution in [3.05, 3.63) is 23.4 Å². The van der Waals surface area contributed by atoms with Crippen molar-refractivity contribution >= 4 is 5.82 Å². The van der Waals surface area contributed by atoms with E-state index in [0.717, 1.165) is 5.82 Å². The summed E-state index contributed by atoms with van der Waals surface area (Å²) in [6, 6.07) is 2.64. The third kappa shape index (κ3) is 2.72. The molecule has 2 heteroatoms. The van der Waals surface area contributed by atoms with Crippen LogP contribution in [0.3, 0.4) is 0 Å². The Morgan fingerprint density at radius 2 is 1.86 bits per heavy atom. The van der Waals surface area contributed by atoms with Gasteiger partial charge in [-0.3, -0.25) is 0 Å². The molecule has 0 saturated heterocycles. The highest BCUT2D eigenvalue weighted by Crippen LogP contribution is 2.23. The molecule has 0 aliphatic rings. The summed E-state index contributed by atoms with van der Waals surface area (Å²) in [6.07, 6.45) is 1.91. The fourth-order valence-corrected chi connectivity index (χ4v) is 1.43. The molecule has 0 aromatic carbocycles. The van der Waals surface area contributed by atoms with E-state index < -0.39 is 0 Å². The van der Waals surface area contributed by atoms with Crippen LogP contribution in [-0.4, -0.2) is 11.0 Å². The fraction of sp³-hybridized carbons (Fsp3) is 0.583. The molecule has 0 saturated carbocycles. The first-order chi connectivity index (χ1) is 6.50. The lowest BCUT2D eigenvalue weighted by Crippen LogP contribution is -2.13. The van der Waals surface area contributed by atoms with Crippen LogP contribution in [0.1, 0.15) is 44.7 Å². The number of aryl methyl sites for hydroxylation is 1. The van der Waals surface area contributed by atoms with E-state index in [2.05, 4.69) is 51.0 Å². The van der Waals surface area contributed by atoms with Crippen LogP contribution in [-0.2, 0) is 0 Å². The lowest BCUT2D eigenvalue weighted by atomic mass is 10.0. The average molecular weight is 192 g/mol. The summed E-state index contributed by atoms with van der Waals surface area (Å²) in [5, 5.41) is 3.37. The number of nitrogens with zero attached hydrogens (tertiary/aromatic N) is 1. The third-order valence-electron chi connectivity index (χ3n) is 2.10. The zero-order valence-corrected chi connectivity index (χ0v) is 9.76. The second-order valence-corrected chi connectivity index (χ2v) is 4.40. The topological polar surface area (TPSA) is 24.9 Å². The van der Waals surface area contributed by atoms with E-state index in [1.165, 1.54) is 11.1 Å². The van der Waals surface area contributed by atoms with Gasteiger partial charge in [0.15, 0.2) is 0 Å². The zero-order valence-electron chi connectivity index (χ0n) is 9.76. The quantitative estimate of drug-likeness (QED) is 0.794. The minimum Gasteiger partial charge on any atom is -0.368 e. The smallest absolute Gasteiger partial charge is 0.129 e.